The summed E-state index contributed by atoms with van der Waals surface area (Å²) in [5.41, 5.74) is 0. The standard InChI is InChI=1S/C12H18N4O/c1-4-7-16(9-5-6-9)12(17)11-13-10(8(2)3)14-15-11/h4,8-9H,1,5-7H2,2-3H3,(H,13,14,15). The van der Waals surface area contributed by atoms with Crippen LogP contribution in [0.4, 0.5) is 0 Å². The lowest BCUT2D eigenvalue weighted by molar-refractivity contribution is 0.0750. The normalized spacial score (nSPS) is 15.0. The minimum absolute atomic E-state index is 0.101. The van der Waals surface area contributed by atoms with E-state index >= 15 is 0 Å². The van der Waals surface area contributed by atoms with Gasteiger partial charge in [0.1, 0.15) is 5.82 Å². The number of nitrogens with zero attached hydrogens (tertiary/aromatic N) is 3. The van der Waals surface area contributed by atoms with Crippen LogP contribution in [0.3, 0.4) is 0 Å². The van der Waals surface area contributed by atoms with Crippen LogP contribution in [0.25, 0.3) is 0 Å². The summed E-state index contributed by atoms with van der Waals surface area (Å²) in [7, 11) is 0. The van der Waals surface area contributed by atoms with Crippen molar-refractivity contribution in [2.24, 2.45) is 0 Å². The number of aromatic amines is 1. The molecule has 2 rings (SSSR count). The summed E-state index contributed by atoms with van der Waals surface area (Å²) in [4.78, 5) is 18.2. The largest absolute Gasteiger partial charge is 0.329 e. The fraction of sp³-hybridized carbons (Fsp3) is 0.583. The number of H-pyrrole nitrogens is 1. The van der Waals surface area contributed by atoms with E-state index in [2.05, 4.69) is 21.8 Å². The Hall–Kier alpha value is -1.65. The molecule has 1 aromatic rings. The van der Waals surface area contributed by atoms with Crippen LogP contribution in [0.5, 0.6) is 0 Å². The Morgan fingerprint density at radius 3 is 2.82 bits per heavy atom. The van der Waals surface area contributed by atoms with Crippen LogP contribution in [0.15, 0.2) is 12.7 Å². The molecule has 0 unspecified atom stereocenters. The lowest BCUT2D eigenvalue weighted by Crippen LogP contribution is -2.34. The highest BCUT2D eigenvalue weighted by Gasteiger charge is 2.33. The molecule has 0 aromatic carbocycles. The molecule has 1 saturated carbocycles. The van der Waals surface area contributed by atoms with Gasteiger partial charge in [0.25, 0.3) is 5.91 Å². The summed E-state index contributed by atoms with van der Waals surface area (Å²) in [6.45, 7) is 8.26. The number of hydrogen-bond donors (Lipinski definition) is 1. The van der Waals surface area contributed by atoms with Gasteiger partial charge in [0.15, 0.2) is 0 Å². The first-order chi connectivity index (χ1) is 8.13. The first kappa shape index (κ1) is 11.8. The maximum Gasteiger partial charge on any atom is 0.294 e. The summed E-state index contributed by atoms with van der Waals surface area (Å²) in [5.74, 6) is 1.17. The third kappa shape index (κ3) is 2.54. The number of nitrogens with one attached hydrogen (secondary N) is 1. The van der Waals surface area contributed by atoms with Gasteiger partial charge in [-0.05, 0) is 12.8 Å². The van der Waals surface area contributed by atoms with Crippen LogP contribution in [-0.2, 0) is 0 Å². The van der Waals surface area contributed by atoms with Crippen molar-refractivity contribution >= 4 is 5.91 Å². The second-order valence-corrected chi connectivity index (χ2v) is 4.68. The molecule has 1 aromatic heterocycles. The van der Waals surface area contributed by atoms with Crippen molar-refractivity contribution in [3.05, 3.63) is 24.3 Å². The quantitative estimate of drug-likeness (QED) is 0.789. The maximum atomic E-state index is 12.2. The second kappa shape index (κ2) is 4.69. The molecular weight excluding hydrogens is 216 g/mol. The topological polar surface area (TPSA) is 61.9 Å². The molecule has 17 heavy (non-hydrogen) atoms. The van der Waals surface area contributed by atoms with E-state index in [1.54, 1.807) is 11.0 Å². The van der Waals surface area contributed by atoms with E-state index in [1.807, 2.05) is 13.8 Å². The van der Waals surface area contributed by atoms with E-state index < -0.39 is 0 Å². The van der Waals surface area contributed by atoms with Gasteiger partial charge >= 0.3 is 0 Å². The highest BCUT2D eigenvalue weighted by Crippen LogP contribution is 2.27. The van der Waals surface area contributed by atoms with Crippen molar-refractivity contribution in [2.45, 2.75) is 38.6 Å². The monoisotopic (exact) mass is 234 g/mol. The van der Waals surface area contributed by atoms with Crippen molar-refractivity contribution in [1.29, 1.82) is 0 Å². The van der Waals surface area contributed by atoms with Gasteiger partial charge in [-0.3, -0.25) is 9.89 Å². The van der Waals surface area contributed by atoms with Crippen LogP contribution < -0.4 is 0 Å². The van der Waals surface area contributed by atoms with E-state index in [1.165, 1.54) is 0 Å². The molecule has 1 aliphatic carbocycles. The molecule has 1 heterocycles. The number of amides is 1. The minimum atomic E-state index is -0.101. The van der Waals surface area contributed by atoms with Crippen LogP contribution in [0, 0.1) is 0 Å². The van der Waals surface area contributed by atoms with Crippen molar-refractivity contribution in [3.8, 4) is 0 Å². The van der Waals surface area contributed by atoms with Gasteiger partial charge in [0.2, 0.25) is 5.82 Å². The lowest BCUT2D eigenvalue weighted by atomic mass is 10.2. The fourth-order valence-electron chi connectivity index (χ4n) is 1.68. The maximum absolute atomic E-state index is 12.2. The number of carbonyl (C=O) groups is 1. The number of hydrogen-bond acceptors (Lipinski definition) is 3. The van der Waals surface area contributed by atoms with Crippen molar-refractivity contribution in [2.75, 3.05) is 6.54 Å². The zero-order chi connectivity index (χ0) is 12.4. The molecule has 92 valence electrons. The van der Waals surface area contributed by atoms with Gasteiger partial charge < -0.3 is 4.90 Å². The Balaban J connectivity index is 2.13. The molecule has 1 fully saturated rings. The molecule has 0 radical (unpaired) electrons. The molecule has 0 bridgehead atoms. The van der Waals surface area contributed by atoms with Crippen molar-refractivity contribution in [1.82, 2.24) is 20.1 Å². The summed E-state index contributed by atoms with van der Waals surface area (Å²) in [6, 6.07) is 0.349. The smallest absolute Gasteiger partial charge is 0.294 e. The molecule has 0 saturated heterocycles. The van der Waals surface area contributed by atoms with Crippen molar-refractivity contribution in [3.63, 3.8) is 0 Å². The number of aromatic nitrogens is 3. The van der Waals surface area contributed by atoms with Crippen LogP contribution in [0.1, 0.15) is 49.1 Å². The molecule has 5 heteroatoms. The average molecular weight is 234 g/mol. The fourth-order valence-corrected chi connectivity index (χ4v) is 1.68. The Morgan fingerprint density at radius 1 is 1.65 bits per heavy atom. The van der Waals surface area contributed by atoms with Gasteiger partial charge in [-0.1, -0.05) is 19.9 Å². The van der Waals surface area contributed by atoms with E-state index in [4.69, 9.17) is 0 Å². The highest BCUT2D eigenvalue weighted by molar-refractivity contribution is 5.91. The zero-order valence-corrected chi connectivity index (χ0v) is 10.3. The molecule has 1 amide bonds. The Kier molecular flexibility index (Phi) is 3.26. The first-order valence-electron chi connectivity index (χ1n) is 5.97. The van der Waals surface area contributed by atoms with E-state index in [-0.39, 0.29) is 17.6 Å². The molecule has 0 spiro atoms. The molecule has 5 nitrogen and oxygen atoms in total. The Bertz CT molecular complexity index is 420. The van der Waals surface area contributed by atoms with Crippen LogP contribution in [-0.4, -0.2) is 38.6 Å². The van der Waals surface area contributed by atoms with E-state index in [0.717, 1.165) is 18.7 Å². The second-order valence-electron chi connectivity index (χ2n) is 4.68. The number of carbonyl (C=O) groups excluding carboxylic acids is 1. The van der Waals surface area contributed by atoms with Crippen LogP contribution in [0.2, 0.25) is 0 Å². The third-order valence-electron chi connectivity index (χ3n) is 2.82. The van der Waals surface area contributed by atoms with Crippen molar-refractivity contribution < 1.29 is 4.79 Å². The highest BCUT2D eigenvalue weighted by atomic mass is 16.2. The summed E-state index contributed by atoms with van der Waals surface area (Å²) in [5, 5.41) is 6.80. The molecular formula is C12H18N4O. The van der Waals surface area contributed by atoms with Gasteiger partial charge in [-0.25, -0.2) is 4.98 Å². The minimum Gasteiger partial charge on any atom is -0.329 e. The lowest BCUT2D eigenvalue weighted by Gasteiger charge is -2.18. The molecule has 0 aliphatic heterocycles. The van der Waals surface area contributed by atoms with Gasteiger partial charge in [-0.15, -0.1) is 11.7 Å². The molecule has 1 aliphatic rings. The zero-order valence-electron chi connectivity index (χ0n) is 10.3. The van der Waals surface area contributed by atoms with E-state index in [9.17, 15) is 4.79 Å². The van der Waals surface area contributed by atoms with Gasteiger partial charge in [0.05, 0.1) is 0 Å². The van der Waals surface area contributed by atoms with E-state index in [0.29, 0.717) is 12.6 Å². The molecule has 1 N–H and O–H groups in total. The SMILES string of the molecule is C=CCN(C(=O)c1n[nH]c(C(C)C)n1)C1CC1. The Morgan fingerprint density at radius 2 is 2.35 bits per heavy atom. The van der Waals surface area contributed by atoms with Crippen LogP contribution >= 0.6 is 0 Å². The summed E-state index contributed by atoms with van der Waals surface area (Å²) < 4.78 is 0. The summed E-state index contributed by atoms with van der Waals surface area (Å²) >= 11 is 0. The predicted molar refractivity (Wildman–Crippen MR) is 64.7 cm³/mol. The predicted octanol–water partition coefficient (Wildman–Crippen LogP) is 1.72. The average Bonchev–Trinajstić information content (AvgIpc) is 3.00. The Labute approximate surface area is 101 Å². The first-order valence-corrected chi connectivity index (χ1v) is 5.97. The number of rotatable bonds is 5. The van der Waals surface area contributed by atoms with Gasteiger partial charge in [-0.2, -0.15) is 0 Å². The summed E-state index contributed by atoms with van der Waals surface area (Å²) in [6.07, 6.45) is 3.88. The molecule has 0 atom stereocenters. The van der Waals surface area contributed by atoms with Gasteiger partial charge in [0, 0.05) is 18.5 Å². The third-order valence-corrected chi connectivity index (χ3v) is 2.82.